The first-order valence-corrected chi connectivity index (χ1v) is 5.47. The maximum atomic E-state index is 10.8. The van der Waals surface area contributed by atoms with E-state index < -0.39 is 0 Å². The van der Waals surface area contributed by atoms with Gasteiger partial charge >= 0.3 is 0 Å². The molecule has 1 fully saturated rings. The van der Waals surface area contributed by atoms with Gasteiger partial charge in [-0.3, -0.25) is 4.79 Å². The van der Waals surface area contributed by atoms with E-state index in [9.17, 15) is 4.79 Å². The summed E-state index contributed by atoms with van der Waals surface area (Å²) in [5.74, 6) is 0.918. The fourth-order valence-electron chi connectivity index (χ4n) is 2.05. The van der Waals surface area contributed by atoms with Crippen LogP contribution in [0, 0.1) is 5.92 Å². The van der Waals surface area contributed by atoms with Crippen LogP contribution in [0.25, 0.3) is 0 Å². The molecule has 14 heavy (non-hydrogen) atoms. The summed E-state index contributed by atoms with van der Waals surface area (Å²) in [6, 6.07) is 4.37. The number of rotatable bonds is 5. The highest BCUT2D eigenvalue weighted by Crippen LogP contribution is 2.38. The summed E-state index contributed by atoms with van der Waals surface area (Å²) in [6.07, 6.45) is 8.11. The summed E-state index contributed by atoms with van der Waals surface area (Å²) in [6.45, 7) is 2.20. The van der Waals surface area contributed by atoms with E-state index in [1.54, 1.807) is 0 Å². The molecule has 1 aromatic rings. The molecule has 2 heteroatoms. The van der Waals surface area contributed by atoms with Gasteiger partial charge in [-0.15, -0.1) is 0 Å². The SMILES string of the molecule is CCC(CC1CC1)n1cccc1C=O. The lowest BCUT2D eigenvalue weighted by atomic mass is 10.1. The fourth-order valence-corrected chi connectivity index (χ4v) is 2.05. The van der Waals surface area contributed by atoms with E-state index in [4.69, 9.17) is 0 Å². The van der Waals surface area contributed by atoms with Gasteiger partial charge in [0.1, 0.15) is 0 Å². The van der Waals surface area contributed by atoms with Crippen LogP contribution >= 0.6 is 0 Å². The van der Waals surface area contributed by atoms with Crippen molar-refractivity contribution in [3.05, 3.63) is 24.0 Å². The number of nitrogens with zero attached hydrogens (tertiary/aromatic N) is 1. The highest BCUT2D eigenvalue weighted by atomic mass is 16.1. The average Bonchev–Trinajstić information content (AvgIpc) is 2.90. The molecule has 1 aromatic heterocycles. The van der Waals surface area contributed by atoms with Gasteiger partial charge in [0, 0.05) is 12.2 Å². The van der Waals surface area contributed by atoms with Gasteiger partial charge in [0.05, 0.1) is 5.69 Å². The molecule has 0 aliphatic heterocycles. The molecular weight excluding hydrogens is 174 g/mol. The summed E-state index contributed by atoms with van der Waals surface area (Å²) in [7, 11) is 0. The van der Waals surface area contributed by atoms with Crippen LogP contribution in [0.5, 0.6) is 0 Å². The first-order chi connectivity index (χ1) is 6.85. The van der Waals surface area contributed by atoms with Gasteiger partial charge in [0.15, 0.2) is 6.29 Å². The Morgan fingerprint density at radius 1 is 1.64 bits per heavy atom. The van der Waals surface area contributed by atoms with Crippen molar-refractivity contribution in [3.63, 3.8) is 0 Å². The third kappa shape index (κ3) is 1.89. The van der Waals surface area contributed by atoms with E-state index in [1.807, 2.05) is 18.3 Å². The molecule has 0 saturated heterocycles. The number of aromatic nitrogens is 1. The van der Waals surface area contributed by atoms with Crippen LogP contribution < -0.4 is 0 Å². The fraction of sp³-hybridized carbons (Fsp3) is 0.583. The van der Waals surface area contributed by atoms with Gasteiger partial charge in [-0.1, -0.05) is 19.8 Å². The predicted octanol–water partition coefficient (Wildman–Crippen LogP) is 3.05. The number of hydrogen-bond donors (Lipinski definition) is 0. The van der Waals surface area contributed by atoms with E-state index in [0.29, 0.717) is 6.04 Å². The zero-order valence-corrected chi connectivity index (χ0v) is 8.65. The second kappa shape index (κ2) is 3.99. The molecule has 0 bridgehead atoms. The molecule has 0 amide bonds. The summed E-state index contributed by atoms with van der Waals surface area (Å²) in [4.78, 5) is 10.8. The van der Waals surface area contributed by atoms with Gasteiger partial charge in [-0.05, 0) is 30.9 Å². The normalized spacial score (nSPS) is 18.1. The first kappa shape index (κ1) is 9.50. The van der Waals surface area contributed by atoms with Crippen molar-refractivity contribution in [3.8, 4) is 0 Å². The lowest BCUT2D eigenvalue weighted by molar-refractivity contribution is 0.111. The Labute approximate surface area is 84.9 Å². The van der Waals surface area contributed by atoms with Crippen molar-refractivity contribution >= 4 is 6.29 Å². The van der Waals surface area contributed by atoms with Crippen LogP contribution in [0.1, 0.15) is 49.1 Å². The van der Waals surface area contributed by atoms with E-state index in [-0.39, 0.29) is 0 Å². The van der Waals surface area contributed by atoms with E-state index in [0.717, 1.165) is 24.3 Å². The molecule has 1 heterocycles. The maximum absolute atomic E-state index is 10.8. The van der Waals surface area contributed by atoms with Crippen LogP contribution in [0.3, 0.4) is 0 Å². The zero-order chi connectivity index (χ0) is 9.97. The lowest BCUT2D eigenvalue weighted by Crippen LogP contribution is -2.10. The molecule has 1 unspecified atom stereocenters. The Kier molecular flexibility index (Phi) is 2.71. The second-order valence-corrected chi connectivity index (χ2v) is 4.20. The third-order valence-corrected chi connectivity index (χ3v) is 3.10. The van der Waals surface area contributed by atoms with Gasteiger partial charge in [0.25, 0.3) is 0 Å². The van der Waals surface area contributed by atoms with Gasteiger partial charge in [0.2, 0.25) is 0 Å². The molecule has 2 nitrogen and oxygen atoms in total. The van der Waals surface area contributed by atoms with Crippen molar-refractivity contribution in [1.82, 2.24) is 4.57 Å². The topological polar surface area (TPSA) is 22.0 Å². The molecule has 0 aromatic carbocycles. The quantitative estimate of drug-likeness (QED) is 0.656. The van der Waals surface area contributed by atoms with Crippen molar-refractivity contribution in [2.24, 2.45) is 5.92 Å². The largest absolute Gasteiger partial charge is 0.342 e. The molecule has 0 N–H and O–H groups in total. The number of hydrogen-bond acceptors (Lipinski definition) is 1. The Bertz CT molecular complexity index is 312. The maximum Gasteiger partial charge on any atom is 0.166 e. The Hall–Kier alpha value is -1.05. The van der Waals surface area contributed by atoms with Crippen LogP contribution in [-0.2, 0) is 0 Å². The average molecular weight is 191 g/mol. The molecule has 1 saturated carbocycles. The number of carbonyl (C=O) groups is 1. The van der Waals surface area contributed by atoms with Gasteiger partial charge in [-0.2, -0.15) is 0 Å². The highest BCUT2D eigenvalue weighted by Gasteiger charge is 2.25. The van der Waals surface area contributed by atoms with E-state index >= 15 is 0 Å². The van der Waals surface area contributed by atoms with E-state index in [2.05, 4.69) is 11.5 Å². The third-order valence-electron chi connectivity index (χ3n) is 3.10. The molecule has 0 radical (unpaired) electrons. The molecule has 2 rings (SSSR count). The monoisotopic (exact) mass is 191 g/mol. The van der Waals surface area contributed by atoms with Gasteiger partial charge in [-0.25, -0.2) is 0 Å². The minimum Gasteiger partial charge on any atom is -0.342 e. The van der Waals surface area contributed by atoms with Crippen molar-refractivity contribution < 1.29 is 4.79 Å². The van der Waals surface area contributed by atoms with Crippen LogP contribution in [0.15, 0.2) is 18.3 Å². The zero-order valence-electron chi connectivity index (χ0n) is 8.65. The molecule has 1 atom stereocenters. The van der Waals surface area contributed by atoms with Crippen LogP contribution in [0.4, 0.5) is 0 Å². The lowest BCUT2D eigenvalue weighted by Gasteiger charge is -2.18. The standard InChI is InChI=1S/C12H17NO/c1-2-11(8-10-5-6-10)13-7-3-4-12(13)9-14/h3-4,7,9-11H,2,5-6,8H2,1H3. The molecule has 76 valence electrons. The molecular formula is C12H17NO. The Morgan fingerprint density at radius 3 is 3.00 bits per heavy atom. The highest BCUT2D eigenvalue weighted by molar-refractivity contribution is 5.72. The minimum atomic E-state index is 0.526. The Morgan fingerprint density at radius 2 is 2.43 bits per heavy atom. The number of carbonyl (C=O) groups excluding carboxylic acids is 1. The summed E-state index contributed by atoms with van der Waals surface area (Å²) in [5, 5.41) is 0. The van der Waals surface area contributed by atoms with Crippen LogP contribution in [0.2, 0.25) is 0 Å². The van der Waals surface area contributed by atoms with Crippen molar-refractivity contribution in [1.29, 1.82) is 0 Å². The van der Waals surface area contributed by atoms with Crippen molar-refractivity contribution in [2.75, 3.05) is 0 Å². The Balaban J connectivity index is 2.12. The van der Waals surface area contributed by atoms with Crippen molar-refractivity contribution in [2.45, 2.75) is 38.6 Å². The summed E-state index contributed by atoms with van der Waals surface area (Å²) >= 11 is 0. The molecule has 1 aliphatic rings. The predicted molar refractivity (Wildman–Crippen MR) is 56.5 cm³/mol. The minimum absolute atomic E-state index is 0.526. The van der Waals surface area contributed by atoms with Crippen LogP contribution in [-0.4, -0.2) is 10.9 Å². The smallest absolute Gasteiger partial charge is 0.166 e. The summed E-state index contributed by atoms with van der Waals surface area (Å²) < 4.78 is 2.13. The first-order valence-electron chi connectivity index (χ1n) is 5.47. The molecule has 1 aliphatic carbocycles. The second-order valence-electron chi connectivity index (χ2n) is 4.20. The number of aldehydes is 1. The van der Waals surface area contributed by atoms with Gasteiger partial charge < -0.3 is 4.57 Å². The molecule has 0 spiro atoms. The van der Waals surface area contributed by atoms with E-state index in [1.165, 1.54) is 19.3 Å². The summed E-state index contributed by atoms with van der Waals surface area (Å²) in [5.41, 5.74) is 0.817.